The Morgan fingerprint density at radius 2 is 2.17 bits per heavy atom. The summed E-state index contributed by atoms with van der Waals surface area (Å²) in [7, 11) is 1.83. The van der Waals surface area contributed by atoms with E-state index in [0.717, 1.165) is 11.4 Å². The first-order valence-corrected chi connectivity index (χ1v) is 6.39. The van der Waals surface area contributed by atoms with Gasteiger partial charge >= 0.3 is 0 Å². The standard InChI is InChI=1S/C13H14BrFN2O/c1-8-5-10(17(2)16-8)7-13(18)11-6-9(15)3-4-12(11)14/h3-6,13,18H,7H2,1-2H3. The third-order valence-corrected chi connectivity index (χ3v) is 3.54. The zero-order valence-electron chi connectivity index (χ0n) is 10.2. The van der Waals surface area contributed by atoms with Crippen LogP contribution in [-0.4, -0.2) is 14.9 Å². The van der Waals surface area contributed by atoms with Crippen molar-refractivity contribution in [3.63, 3.8) is 0 Å². The lowest BCUT2D eigenvalue weighted by Crippen LogP contribution is -2.07. The zero-order chi connectivity index (χ0) is 13.3. The van der Waals surface area contributed by atoms with Crippen molar-refractivity contribution < 1.29 is 9.50 Å². The molecule has 0 spiro atoms. The van der Waals surface area contributed by atoms with Gasteiger partial charge in [-0.05, 0) is 36.8 Å². The monoisotopic (exact) mass is 312 g/mol. The molecule has 0 aliphatic carbocycles. The van der Waals surface area contributed by atoms with Gasteiger partial charge in [0.15, 0.2) is 0 Å². The SMILES string of the molecule is Cc1cc(CC(O)c2cc(F)ccc2Br)n(C)n1. The van der Waals surface area contributed by atoms with Crippen LogP contribution in [-0.2, 0) is 13.5 Å². The van der Waals surface area contributed by atoms with E-state index in [1.165, 1.54) is 12.1 Å². The molecule has 0 fully saturated rings. The fourth-order valence-corrected chi connectivity index (χ4v) is 2.44. The number of aliphatic hydroxyl groups is 1. The lowest BCUT2D eigenvalue weighted by molar-refractivity contribution is 0.174. The van der Waals surface area contributed by atoms with Gasteiger partial charge in [-0.25, -0.2) is 4.39 Å². The summed E-state index contributed by atoms with van der Waals surface area (Å²) in [6.07, 6.45) is -0.357. The van der Waals surface area contributed by atoms with Gasteiger partial charge in [0.25, 0.3) is 0 Å². The van der Waals surface area contributed by atoms with Crippen LogP contribution in [0.3, 0.4) is 0 Å². The first kappa shape index (κ1) is 13.2. The first-order chi connectivity index (χ1) is 8.47. The third kappa shape index (κ3) is 2.79. The maximum Gasteiger partial charge on any atom is 0.123 e. The van der Waals surface area contributed by atoms with Crippen molar-refractivity contribution in [2.24, 2.45) is 7.05 Å². The molecule has 0 bridgehead atoms. The largest absolute Gasteiger partial charge is 0.388 e. The van der Waals surface area contributed by atoms with E-state index < -0.39 is 6.10 Å². The van der Waals surface area contributed by atoms with Crippen molar-refractivity contribution >= 4 is 15.9 Å². The van der Waals surface area contributed by atoms with Crippen LogP contribution in [0.4, 0.5) is 4.39 Å². The molecular formula is C13H14BrFN2O. The van der Waals surface area contributed by atoms with Gasteiger partial charge in [-0.3, -0.25) is 4.68 Å². The summed E-state index contributed by atoms with van der Waals surface area (Å²) in [6.45, 7) is 1.90. The normalized spacial score (nSPS) is 12.7. The highest BCUT2D eigenvalue weighted by molar-refractivity contribution is 9.10. The Morgan fingerprint density at radius 3 is 2.78 bits per heavy atom. The highest BCUT2D eigenvalue weighted by Gasteiger charge is 2.15. The molecule has 1 aromatic carbocycles. The molecule has 1 atom stereocenters. The molecule has 3 nitrogen and oxygen atoms in total. The van der Waals surface area contributed by atoms with Gasteiger partial charge in [-0.15, -0.1) is 0 Å². The molecule has 0 radical (unpaired) electrons. The number of aliphatic hydroxyl groups excluding tert-OH is 1. The molecule has 0 saturated carbocycles. The summed E-state index contributed by atoms with van der Waals surface area (Å²) in [5, 5.41) is 14.4. The van der Waals surface area contributed by atoms with Gasteiger partial charge in [-0.1, -0.05) is 15.9 Å². The van der Waals surface area contributed by atoms with E-state index in [0.29, 0.717) is 16.5 Å². The van der Waals surface area contributed by atoms with Crippen molar-refractivity contribution in [2.45, 2.75) is 19.4 Å². The molecule has 1 aromatic heterocycles. The van der Waals surface area contributed by atoms with Gasteiger partial charge < -0.3 is 5.11 Å². The van der Waals surface area contributed by atoms with Crippen LogP contribution >= 0.6 is 15.9 Å². The topological polar surface area (TPSA) is 38.0 Å². The maximum atomic E-state index is 13.2. The third-order valence-electron chi connectivity index (χ3n) is 2.82. The van der Waals surface area contributed by atoms with Crippen molar-refractivity contribution in [2.75, 3.05) is 0 Å². The predicted molar refractivity (Wildman–Crippen MR) is 70.7 cm³/mol. The second kappa shape index (κ2) is 5.20. The van der Waals surface area contributed by atoms with E-state index in [9.17, 15) is 9.50 Å². The smallest absolute Gasteiger partial charge is 0.123 e. The van der Waals surface area contributed by atoms with Gasteiger partial charge in [0.05, 0.1) is 11.8 Å². The Bertz CT molecular complexity index is 568. The minimum atomic E-state index is -0.759. The lowest BCUT2D eigenvalue weighted by atomic mass is 10.0. The van der Waals surface area contributed by atoms with E-state index in [4.69, 9.17) is 0 Å². The van der Waals surface area contributed by atoms with E-state index in [1.807, 2.05) is 20.0 Å². The Morgan fingerprint density at radius 1 is 1.44 bits per heavy atom. The van der Waals surface area contributed by atoms with Gasteiger partial charge in [-0.2, -0.15) is 5.10 Å². The summed E-state index contributed by atoms with van der Waals surface area (Å²) in [4.78, 5) is 0. The highest BCUT2D eigenvalue weighted by Crippen LogP contribution is 2.26. The molecule has 2 aromatic rings. The van der Waals surface area contributed by atoms with Crippen molar-refractivity contribution in [3.8, 4) is 0 Å². The second-order valence-electron chi connectivity index (χ2n) is 4.29. The number of hydrogen-bond donors (Lipinski definition) is 1. The minimum absolute atomic E-state index is 0.353. The molecule has 18 heavy (non-hydrogen) atoms. The minimum Gasteiger partial charge on any atom is -0.388 e. The molecule has 0 aliphatic rings. The molecule has 0 saturated heterocycles. The van der Waals surface area contributed by atoms with Crippen molar-refractivity contribution in [1.29, 1.82) is 0 Å². The summed E-state index contributed by atoms with van der Waals surface area (Å²) >= 11 is 3.32. The molecular weight excluding hydrogens is 299 g/mol. The number of nitrogens with zero attached hydrogens (tertiary/aromatic N) is 2. The highest BCUT2D eigenvalue weighted by atomic mass is 79.9. The fraction of sp³-hybridized carbons (Fsp3) is 0.308. The van der Waals surface area contributed by atoms with Crippen molar-refractivity contribution in [1.82, 2.24) is 9.78 Å². The fourth-order valence-electron chi connectivity index (χ4n) is 1.93. The maximum absolute atomic E-state index is 13.2. The molecule has 5 heteroatoms. The number of halogens is 2. The number of aromatic nitrogens is 2. The quantitative estimate of drug-likeness (QED) is 0.946. The van der Waals surface area contributed by atoms with Gasteiger partial charge in [0, 0.05) is 23.6 Å². The Labute approximate surface area is 113 Å². The van der Waals surface area contributed by atoms with E-state index in [-0.39, 0.29) is 5.82 Å². The van der Waals surface area contributed by atoms with Crippen LogP contribution in [0.1, 0.15) is 23.1 Å². The molecule has 2 rings (SSSR count). The summed E-state index contributed by atoms with van der Waals surface area (Å²) in [5.41, 5.74) is 2.36. The Hall–Kier alpha value is -1.20. The number of aryl methyl sites for hydroxylation is 2. The molecule has 0 aliphatic heterocycles. The Kier molecular flexibility index (Phi) is 3.82. The number of hydrogen-bond acceptors (Lipinski definition) is 2. The van der Waals surface area contributed by atoms with E-state index in [1.54, 1.807) is 10.7 Å². The molecule has 1 unspecified atom stereocenters. The van der Waals surface area contributed by atoms with E-state index in [2.05, 4.69) is 21.0 Å². The average molecular weight is 313 g/mol. The van der Waals surface area contributed by atoms with Gasteiger partial charge in [0.2, 0.25) is 0 Å². The second-order valence-corrected chi connectivity index (χ2v) is 5.14. The summed E-state index contributed by atoms with van der Waals surface area (Å²) < 4.78 is 15.6. The Balaban J connectivity index is 2.24. The molecule has 0 amide bonds. The van der Waals surface area contributed by atoms with Crippen LogP contribution in [0.15, 0.2) is 28.7 Å². The predicted octanol–water partition coefficient (Wildman–Crippen LogP) is 2.91. The summed E-state index contributed by atoms with van der Waals surface area (Å²) in [5.74, 6) is -0.353. The average Bonchev–Trinajstić information content (AvgIpc) is 2.61. The van der Waals surface area contributed by atoms with Crippen LogP contribution < -0.4 is 0 Å². The number of benzene rings is 1. The van der Waals surface area contributed by atoms with Crippen molar-refractivity contribution in [3.05, 3.63) is 51.5 Å². The lowest BCUT2D eigenvalue weighted by Gasteiger charge is -2.13. The summed E-state index contributed by atoms with van der Waals surface area (Å²) in [6, 6.07) is 6.21. The van der Waals surface area contributed by atoms with Crippen LogP contribution in [0, 0.1) is 12.7 Å². The van der Waals surface area contributed by atoms with Gasteiger partial charge in [0.1, 0.15) is 5.82 Å². The zero-order valence-corrected chi connectivity index (χ0v) is 11.8. The van der Waals surface area contributed by atoms with Crippen LogP contribution in [0.2, 0.25) is 0 Å². The van der Waals surface area contributed by atoms with Crippen LogP contribution in [0.5, 0.6) is 0 Å². The van der Waals surface area contributed by atoms with Crippen LogP contribution in [0.25, 0.3) is 0 Å². The molecule has 96 valence electrons. The number of rotatable bonds is 3. The molecule has 1 N–H and O–H groups in total. The first-order valence-electron chi connectivity index (χ1n) is 5.60. The molecule has 1 heterocycles. The van der Waals surface area contributed by atoms with E-state index >= 15 is 0 Å².